The molecular formula is C7H18N2O2. The summed E-state index contributed by atoms with van der Waals surface area (Å²) in [5, 5.41) is 16.4. The van der Waals surface area contributed by atoms with Gasteiger partial charge in [0.15, 0.2) is 0 Å². The van der Waals surface area contributed by atoms with Crippen LogP contribution in [0.2, 0.25) is 0 Å². The van der Waals surface area contributed by atoms with Gasteiger partial charge in [0.1, 0.15) is 0 Å². The third-order valence-electron chi connectivity index (χ3n) is 1.58. The number of hydroxylamine groups is 2. The summed E-state index contributed by atoms with van der Waals surface area (Å²) >= 11 is 0. The molecule has 0 aliphatic carbocycles. The molecule has 0 bridgehead atoms. The Morgan fingerprint density at radius 3 is 1.36 bits per heavy atom. The van der Waals surface area contributed by atoms with Gasteiger partial charge in [-0.05, 0) is 12.8 Å². The summed E-state index contributed by atoms with van der Waals surface area (Å²) in [6.45, 7) is 1.36. The summed E-state index contributed by atoms with van der Waals surface area (Å²) in [6.07, 6.45) is 5.48. The van der Waals surface area contributed by atoms with Gasteiger partial charge in [-0.1, -0.05) is 19.3 Å². The highest BCUT2D eigenvalue weighted by Crippen LogP contribution is 2.00. The second kappa shape index (κ2) is 9.84. The fraction of sp³-hybridized carbons (Fsp3) is 1.00. The number of unbranched alkanes of at least 4 members (excludes halogenated alkanes) is 4. The fourth-order valence-corrected chi connectivity index (χ4v) is 0.938. The van der Waals surface area contributed by atoms with Gasteiger partial charge in [-0.3, -0.25) is 0 Å². The first-order chi connectivity index (χ1) is 5.41. The lowest BCUT2D eigenvalue weighted by Crippen LogP contribution is -2.09. The third-order valence-corrected chi connectivity index (χ3v) is 1.58. The van der Waals surface area contributed by atoms with Crippen LogP contribution in [-0.4, -0.2) is 23.5 Å². The predicted octanol–water partition coefficient (Wildman–Crippen LogP) is 0.894. The van der Waals surface area contributed by atoms with E-state index in [1.807, 2.05) is 0 Å². The van der Waals surface area contributed by atoms with Gasteiger partial charge in [0.25, 0.3) is 0 Å². The molecule has 4 heteroatoms. The number of hydrogen-bond donors (Lipinski definition) is 4. The van der Waals surface area contributed by atoms with Crippen molar-refractivity contribution in [1.82, 2.24) is 11.0 Å². The molecule has 0 fully saturated rings. The van der Waals surface area contributed by atoms with Crippen molar-refractivity contribution >= 4 is 0 Å². The Bertz CT molecular complexity index is 63.5. The fourth-order valence-electron chi connectivity index (χ4n) is 0.938. The van der Waals surface area contributed by atoms with Crippen molar-refractivity contribution in [1.29, 1.82) is 0 Å². The van der Waals surface area contributed by atoms with E-state index in [0.29, 0.717) is 13.1 Å². The quantitative estimate of drug-likeness (QED) is 0.316. The van der Waals surface area contributed by atoms with Crippen LogP contribution in [-0.2, 0) is 0 Å². The molecule has 0 amide bonds. The van der Waals surface area contributed by atoms with Crippen molar-refractivity contribution < 1.29 is 10.4 Å². The Labute approximate surface area is 67.5 Å². The van der Waals surface area contributed by atoms with E-state index in [9.17, 15) is 0 Å². The molecule has 0 aliphatic rings. The monoisotopic (exact) mass is 162 g/mol. The van der Waals surface area contributed by atoms with Gasteiger partial charge < -0.3 is 10.4 Å². The molecule has 11 heavy (non-hydrogen) atoms. The lowest BCUT2D eigenvalue weighted by molar-refractivity contribution is 0.162. The van der Waals surface area contributed by atoms with E-state index in [2.05, 4.69) is 11.0 Å². The van der Waals surface area contributed by atoms with Crippen molar-refractivity contribution in [2.24, 2.45) is 0 Å². The summed E-state index contributed by atoms with van der Waals surface area (Å²) in [7, 11) is 0. The molecule has 0 spiro atoms. The van der Waals surface area contributed by atoms with Gasteiger partial charge in [0.05, 0.1) is 0 Å². The topological polar surface area (TPSA) is 64.5 Å². The minimum absolute atomic E-state index is 0.679. The summed E-state index contributed by atoms with van der Waals surface area (Å²) in [6, 6.07) is 0. The predicted molar refractivity (Wildman–Crippen MR) is 42.7 cm³/mol. The Balaban J connectivity index is 2.69. The highest BCUT2D eigenvalue weighted by Gasteiger charge is 1.89. The first-order valence-corrected chi connectivity index (χ1v) is 4.15. The third kappa shape index (κ3) is 9.84. The van der Waals surface area contributed by atoms with Crippen molar-refractivity contribution in [2.45, 2.75) is 32.1 Å². The van der Waals surface area contributed by atoms with E-state index in [1.165, 1.54) is 6.42 Å². The maximum Gasteiger partial charge on any atom is 0.0207 e. The first kappa shape index (κ1) is 10.8. The normalized spacial score (nSPS) is 10.4. The highest BCUT2D eigenvalue weighted by molar-refractivity contribution is 4.45. The van der Waals surface area contributed by atoms with E-state index in [4.69, 9.17) is 10.4 Å². The van der Waals surface area contributed by atoms with Gasteiger partial charge in [-0.15, -0.1) is 0 Å². The molecule has 68 valence electrons. The van der Waals surface area contributed by atoms with Crippen LogP contribution in [0.4, 0.5) is 0 Å². The van der Waals surface area contributed by atoms with E-state index < -0.39 is 0 Å². The molecular weight excluding hydrogens is 144 g/mol. The zero-order valence-corrected chi connectivity index (χ0v) is 6.84. The average Bonchev–Trinajstić information content (AvgIpc) is 2.03. The van der Waals surface area contributed by atoms with Gasteiger partial charge >= 0.3 is 0 Å². The average molecular weight is 162 g/mol. The van der Waals surface area contributed by atoms with Gasteiger partial charge in [0, 0.05) is 13.1 Å². The molecule has 0 aliphatic heterocycles. The Kier molecular flexibility index (Phi) is 9.70. The first-order valence-electron chi connectivity index (χ1n) is 4.15. The summed E-state index contributed by atoms with van der Waals surface area (Å²) in [5.41, 5.74) is 4.23. The molecule has 4 nitrogen and oxygen atoms in total. The van der Waals surface area contributed by atoms with Gasteiger partial charge in [-0.25, -0.2) is 11.0 Å². The second-order valence-corrected chi connectivity index (χ2v) is 2.58. The van der Waals surface area contributed by atoms with E-state index >= 15 is 0 Å². The standard InChI is InChI=1S/C7H18N2O2/c10-8-6-4-2-1-3-5-7-9-11/h8-11H,1-7H2. The maximum absolute atomic E-state index is 8.21. The Morgan fingerprint density at radius 2 is 1.00 bits per heavy atom. The van der Waals surface area contributed by atoms with Crippen molar-refractivity contribution in [3.8, 4) is 0 Å². The minimum atomic E-state index is 0.679. The van der Waals surface area contributed by atoms with E-state index in [0.717, 1.165) is 25.7 Å². The zero-order chi connectivity index (χ0) is 8.36. The number of rotatable bonds is 8. The molecule has 0 saturated carbocycles. The Hall–Kier alpha value is -0.160. The molecule has 0 aromatic rings. The lowest BCUT2D eigenvalue weighted by atomic mass is 10.1. The Morgan fingerprint density at radius 1 is 0.636 bits per heavy atom. The summed E-state index contributed by atoms with van der Waals surface area (Å²) < 4.78 is 0. The van der Waals surface area contributed by atoms with E-state index in [-0.39, 0.29) is 0 Å². The zero-order valence-electron chi connectivity index (χ0n) is 6.84. The van der Waals surface area contributed by atoms with Crippen LogP contribution in [0, 0.1) is 0 Å². The molecule has 0 heterocycles. The smallest absolute Gasteiger partial charge is 0.0207 e. The minimum Gasteiger partial charge on any atom is -0.317 e. The number of nitrogens with one attached hydrogen (secondary N) is 2. The van der Waals surface area contributed by atoms with Crippen LogP contribution in [0.5, 0.6) is 0 Å². The van der Waals surface area contributed by atoms with Crippen molar-refractivity contribution in [3.63, 3.8) is 0 Å². The van der Waals surface area contributed by atoms with Gasteiger partial charge in [-0.2, -0.15) is 0 Å². The molecule has 0 aromatic heterocycles. The molecule has 4 N–H and O–H groups in total. The van der Waals surface area contributed by atoms with Crippen LogP contribution < -0.4 is 11.0 Å². The number of hydrogen-bond acceptors (Lipinski definition) is 4. The van der Waals surface area contributed by atoms with Crippen LogP contribution in [0.1, 0.15) is 32.1 Å². The molecule has 0 radical (unpaired) electrons. The van der Waals surface area contributed by atoms with Crippen LogP contribution in [0.3, 0.4) is 0 Å². The molecule has 0 atom stereocenters. The van der Waals surface area contributed by atoms with Crippen LogP contribution in [0.25, 0.3) is 0 Å². The molecule has 0 saturated heterocycles. The summed E-state index contributed by atoms with van der Waals surface area (Å²) in [4.78, 5) is 0. The molecule has 0 unspecified atom stereocenters. The van der Waals surface area contributed by atoms with E-state index in [1.54, 1.807) is 0 Å². The molecule has 0 aromatic carbocycles. The van der Waals surface area contributed by atoms with Crippen LogP contribution in [0.15, 0.2) is 0 Å². The molecule has 0 rings (SSSR count). The van der Waals surface area contributed by atoms with Crippen molar-refractivity contribution in [3.05, 3.63) is 0 Å². The van der Waals surface area contributed by atoms with Crippen molar-refractivity contribution in [2.75, 3.05) is 13.1 Å². The van der Waals surface area contributed by atoms with Crippen LogP contribution >= 0.6 is 0 Å². The largest absolute Gasteiger partial charge is 0.317 e. The maximum atomic E-state index is 8.21. The highest BCUT2D eigenvalue weighted by atomic mass is 16.5. The second-order valence-electron chi connectivity index (χ2n) is 2.58. The SMILES string of the molecule is ONCCCCCCCNO. The summed E-state index contributed by atoms with van der Waals surface area (Å²) in [5.74, 6) is 0. The lowest BCUT2D eigenvalue weighted by Gasteiger charge is -1.99. The van der Waals surface area contributed by atoms with Gasteiger partial charge in [0.2, 0.25) is 0 Å².